The lowest BCUT2D eigenvalue weighted by Crippen LogP contribution is -2.26. The molecule has 0 amide bonds. The zero-order valence-electron chi connectivity index (χ0n) is 19.6. The standard InChI is InChI=1S/C27H31F3O4/c1-32-19-9-7-17(8-10-19)22-13-12-21(25(29)26(22)30)16-3-5-18(6-4-16)27(31)34-24-14-11-20(33-2)15-23(24)28/h11-19H,3-10H2,1-2H3. The van der Waals surface area contributed by atoms with E-state index in [0.29, 0.717) is 42.6 Å². The largest absolute Gasteiger partial charge is 0.497 e. The van der Waals surface area contributed by atoms with Crippen LogP contribution in [-0.2, 0) is 9.53 Å². The first kappa shape index (κ1) is 24.6. The SMILES string of the molecule is COc1ccc(OC(=O)C2CCC(c3ccc(C4CCC(OC)CC4)c(F)c3F)CC2)c(F)c1. The normalized spacial score (nSPS) is 25.1. The summed E-state index contributed by atoms with van der Waals surface area (Å²) in [6, 6.07) is 7.49. The molecule has 34 heavy (non-hydrogen) atoms. The highest BCUT2D eigenvalue weighted by atomic mass is 19.2. The molecule has 7 heteroatoms. The Bertz CT molecular complexity index is 1010. The van der Waals surface area contributed by atoms with Gasteiger partial charge in [0.25, 0.3) is 0 Å². The molecule has 0 saturated heterocycles. The summed E-state index contributed by atoms with van der Waals surface area (Å²) in [5.74, 6) is -3.04. The van der Waals surface area contributed by atoms with E-state index in [1.807, 2.05) is 0 Å². The highest BCUT2D eigenvalue weighted by Gasteiger charge is 2.32. The average molecular weight is 477 g/mol. The number of ether oxygens (including phenoxy) is 3. The zero-order chi connectivity index (χ0) is 24.2. The minimum Gasteiger partial charge on any atom is -0.497 e. The molecule has 0 radical (unpaired) electrons. The van der Waals surface area contributed by atoms with Crippen molar-refractivity contribution >= 4 is 5.97 Å². The molecule has 0 unspecified atom stereocenters. The molecule has 2 aromatic carbocycles. The van der Waals surface area contributed by atoms with Crippen molar-refractivity contribution in [3.05, 3.63) is 58.9 Å². The van der Waals surface area contributed by atoms with Crippen LogP contribution in [0.15, 0.2) is 30.3 Å². The molecule has 2 aliphatic carbocycles. The smallest absolute Gasteiger partial charge is 0.314 e. The van der Waals surface area contributed by atoms with Crippen molar-refractivity contribution in [3.63, 3.8) is 0 Å². The van der Waals surface area contributed by atoms with Crippen LogP contribution in [0.3, 0.4) is 0 Å². The lowest BCUT2D eigenvalue weighted by atomic mass is 9.77. The van der Waals surface area contributed by atoms with E-state index >= 15 is 4.39 Å². The summed E-state index contributed by atoms with van der Waals surface area (Å²) in [6.45, 7) is 0. The van der Waals surface area contributed by atoms with Crippen LogP contribution in [0.4, 0.5) is 13.2 Å². The number of hydrogen-bond acceptors (Lipinski definition) is 4. The summed E-state index contributed by atoms with van der Waals surface area (Å²) < 4.78 is 59.7. The second-order valence-corrected chi connectivity index (χ2v) is 9.35. The highest BCUT2D eigenvalue weighted by molar-refractivity contribution is 5.75. The first-order valence-corrected chi connectivity index (χ1v) is 12.0. The number of halogens is 3. The monoisotopic (exact) mass is 476 g/mol. The Hall–Kier alpha value is -2.54. The van der Waals surface area contributed by atoms with E-state index in [9.17, 15) is 13.6 Å². The van der Waals surface area contributed by atoms with Crippen molar-refractivity contribution in [1.29, 1.82) is 0 Å². The summed E-state index contributed by atoms with van der Waals surface area (Å²) in [4.78, 5) is 12.5. The fourth-order valence-corrected chi connectivity index (χ4v) is 5.34. The third kappa shape index (κ3) is 5.24. The molecule has 4 rings (SSSR count). The molecule has 0 aromatic heterocycles. The molecule has 184 valence electrons. The number of hydrogen-bond donors (Lipinski definition) is 0. The summed E-state index contributed by atoms with van der Waals surface area (Å²) in [6.07, 6.45) is 5.52. The highest BCUT2D eigenvalue weighted by Crippen LogP contribution is 2.41. The van der Waals surface area contributed by atoms with Crippen LogP contribution in [0, 0.1) is 23.4 Å². The molecule has 0 aliphatic heterocycles. The van der Waals surface area contributed by atoms with E-state index in [4.69, 9.17) is 14.2 Å². The number of methoxy groups -OCH3 is 2. The second-order valence-electron chi connectivity index (χ2n) is 9.35. The van der Waals surface area contributed by atoms with E-state index in [1.54, 1.807) is 19.2 Å². The minimum absolute atomic E-state index is 0.0128. The maximum Gasteiger partial charge on any atom is 0.314 e. The maximum absolute atomic E-state index is 15.1. The third-order valence-corrected chi connectivity index (χ3v) is 7.44. The summed E-state index contributed by atoms with van der Waals surface area (Å²) in [7, 11) is 3.11. The van der Waals surface area contributed by atoms with E-state index in [1.165, 1.54) is 19.2 Å². The van der Waals surface area contributed by atoms with Crippen LogP contribution < -0.4 is 9.47 Å². The summed E-state index contributed by atoms with van der Waals surface area (Å²) >= 11 is 0. The van der Waals surface area contributed by atoms with Gasteiger partial charge in [-0.2, -0.15) is 0 Å². The molecule has 0 heterocycles. The van der Waals surface area contributed by atoms with Gasteiger partial charge in [0, 0.05) is 13.2 Å². The van der Waals surface area contributed by atoms with Crippen molar-refractivity contribution in [2.75, 3.05) is 14.2 Å². The summed E-state index contributed by atoms with van der Waals surface area (Å²) in [5, 5.41) is 0. The van der Waals surface area contributed by atoms with E-state index in [-0.39, 0.29) is 23.7 Å². The van der Waals surface area contributed by atoms with Crippen LogP contribution in [0.25, 0.3) is 0 Å². The Morgan fingerprint density at radius 1 is 0.794 bits per heavy atom. The van der Waals surface area contributed by atoms with E-state index < -0.39 is 29.3 Å². The van der Waals surface area contributed by atoms with Gasteiger partial charge >= 0.3 is 5.97 Å². The van der Waals surface area contributed by atoms with E-state index in [0.717, 1.165) is 31.7 Å². The van der Waals surface area contributed by atoms with Gasteiger partial charge in [0.1, 0.15) is 5.75 Å². The van der Waals surface area contributed by atoms with Crippen molar-refractivity contribution in [3.8, 4) is 11.5 Å². The minimum atomic E-state index is -0.766. The first-order valence-electron chi connectivity index (χ1n) is 12.0. The first-order chi connectivity index (χ1) is 16.4. The van der Waals surface area contributed by atoms with Crippen molar-refractivity contribution in [1.82, 2.24) is 0 Å². The molecule has 0 N–H and O–H groups in total. The third-order valence-electron chi connectivity index (χ3n) is 7.44. The predicted octanol–water partition coefficient (Wildman–Crippen LogP) is 6.66. The second kappa shape index (κ2) is 10.8. The zero-order valence-corrected chi connectivity index (χ0v) is 19.6. The Labute approximate surface area is 198 Å². The Kier molecular flexibility index (Phi) is 7.81. The molecule has 2 fully saturated rings. The number of carbonyl (C=O) groups excluding carboxylic acids is 1. The molecule has 0 atom stereocenters. The Morgan fingerprint density at radius 2 is 1.35 bits per heavy atom. The van der Waals surface area contributed by atoms with Gasteiger partial charge < -0.3 is 14.2 Å². The van der Waals surface area contributed by atoms with Gasteiger partial charge in [-0.25, -0.2) is 13.2 Å². The lowest BCUT2D eigenvalue weighted by molar-refractivity contribution is -0.140. The Balaban J connectivity index is 1.36. The number of benzene rings is 2. The molecule has 0 spiro atoms. The molecular weight excluding hydrogens is 445 g/mol. The van der Waals surface area contributed by atoms with Crippen LogP contribution in [0.2, 0.25) is 0 Å². The molecule has 0 bridgehead atoms. The predicted molar refractivity (Wildman–Crippen MR) is 122 cm³/mol. The number of rotatable bonds is 6. The quantitative estimate of drug-likeness (QED) is 0.345. The lowest BCUT2D eigenvalue weighted by Gasteiger charge is -2.30. The van der Waals surface area contributed by atoms with Gasteiger partial charge in [-0.05, 0) is 86.5 Å². The van der Waals surface area contributed by atoms with Gasteiger partial charge in [-0.1, -0.05) is 12.1 Å². The number of carbonyl (C=O) groups is 1. The van der Waals surface area contributed by atoms with Gasteiger partial charge in [0.15, 0.2) is 23.2 Å². The maximum atomic E-state index is 15.1. The molecule has 4 nitrogen and oxygen atoms in total. The molecule has 2 aromatic rings. The molecular formula is C27H31F3O4. The van der Waals surface area contributed by atoms with Crippen LogP contribution in [0.1, 0.15) is 74.3 Å². The van der Waals surface area contributed by atoms with Gasteiger partial charge in [-0.15, -0.1) is 0 Å². The van der Waals surface area contributed by atoms with Gasteiger partial charge in [0.2, 0.25) is 0 Å². The van der Waals surface area contributed by atoms with Crippen molar-refractivity contribution in [2.45, 2.75) is 69.3 Å². The van der Waals surface area contributed by atoms with E-state index in [2.05, 4.69) is 0 Å². The van der Waals surface area contributed by atoms with Gasteiger partial charge in [0.05, 0.1) is 19.1 Å². The van der Waals surface area contributed by atoms with Crippen LogP contribution >= 0.6 is 0 Å². The van der Waals surface area contributed by atoms with Crippen molar-refractivity contribution < 1.29 is 32.2 Å². The summed E-state index contributed by atoms with van der Waals surface area (Å²) in [5.41, 5.74) is 0.828. The van der Waals surface area contributed by atoms with Crippen LogP contribution in [0.5, 0.6) is 11.5 Å². The van der Waals surface area contributed by atoms with Crippen LogP contribution in [-0.4, -0.2) is 26.3 Å². The average Bonchev–Trinajstić information content (AvgIpc) is 2.87. The Morgan fingerprint density at radius 3 is 1.85 bits per heavy atom. The molecule has 2 aliphatic rings. The number of esters is 1. The van der Waals surface area contributed by atoms with Crippen molar-refractivity contribution in [2.24, 2.45) is 5.92 Å². The fourth-order valence-electron chi connectivity index (χ4n) is 5.34. The molecule has 2 saturated carbocycles. The van der Waals surface area contributed by atoms with Gasteiger partial charge in [-0.3, -0.25) is 4.79 Å². The fraction of sp³-hybridized carbons (Fsp3) is 0.519. The topological polar surface area (TPSA) is 44.8 Å².